The Morgan fingerprint density at radius 2 is 1.85 bits per heavy atom. The van der Waals surface area contributed by atoms with Gasteiger partial charge in [-0.3, -0.25) is 4.79 Å². The van der Waals surface area contributed by atoms with E-state index in [-0.39, 0.29) is 5.91 Å². The van der Waals surface area contributed by atoms with Crippen LogP contribution in [0.2, 0.25) is 0 Å². The lowest BCUT2D eigenvalue weighted by Gasteiger charge is -2.36. The van der Waals surface area contributed by atoms with E-state index in [2.05, 4.69) is 33.2 Å². The maximum absolute atomic E-state index is 13.4. The molecule has 7 nitrogen and oxygen atoms in total. The Morgan fingerprint density at radius 1 is 0.970 bits per heavy atom. The lowest BCUT2D eigenvalue weighted by Crippen LogP contribution is -2.40. The van der Waals surface area contributed by atoms with Crippen molar-refractivity contribution < 1.29 is 9.53 Å². The van der Waals surface area contributed by atoms with Crippen LogP contribution in [0.25, 0.3) is 5.65 Å². The predicted molar refractivity (Wildman–Crippen MR) is 128 cm³/mol. The Labute approximate surface area is 195 Å². The molecular weight excluding hydrogens is 414 g/mol. The van der Waals surface area contributed by atoms with Gasteiger partial charge in [-0.25, -0.2) is 9.50 Å². The van der Waals surface area contributed by atoms with Gasteiger partial charge in [0, 0.05) is 24.3 Å². The van der Waals surface area contributed by atoms with Gasteiger partial charge >= 0.3 is 0 Å². The summed E-state index contributed by atoms with van der Waals surface area (Å²) in [6, 6.07) is 12.8. The van der Waals surface area contributed by atoms with Crippen molar-refractivity contribution in [2.24, 2.45) is 0 Å². The number of aryl methyl sites for hydroxylation is 1. The third kappa shape index (κ3) is 5.36. The Bertz CT molecular complexity index is 1080. The number of fused-ring (bicyclic) bond motifs is 4. The molecule has 1 unspecified atom stereocenters. The summed E-state index contributed by atoms with van der Waals surface area (Å²) in [4.78, 5) is 22.2. The number of carbonyl (C=O) groups excluding carboxylic acids is 1. The summed E-state index contributed by atoms with van der Waals surface area (Å²) < 4.78 is 7.75. The lowest BCUT2D eigenvalue weighted by atomic mass is 9.95. The summed E-state index contributed by atoms with van der Waals surface area (Å²) in [6.45, 7) is 4.10. The number of benzene rings is 1. The zero-order valence-electron chi connectivity index (χ0n) is 19.2. The highest BCUT2D eigenvalue weighted by atomic mass is 16.5. The molecule has 1 amide bonds. The standard InChI is InChI=1S/C26H33N5O2/c32-26(22-11-15-31-25(19-22)27-20-28-31)30-14-4-3-13-29-12-2-1-7-23(29)10-9-21-6-5-8-24(18-21)33-17-16-30/h5-6,8,11,15,18-20,23H,1-4,7,9-10,12-14,16-17H2. The third-order valence-corrected chi connectivity index (χ3v) is 6.98. The SMILES string of the molecule is O=C(c1ccn2ncnc2c1)N1CCCCN2CCCCC2CCc2cccc(c2)OCC1. The van der Waals surface area contributed by atoms with E-state index >= 15 is 0 Å². The number of hydrogen-bond acceptors (Lipinski definition) is 5. The van der Waals surface area contributed by atoms with Gasteiger partial charge < -0.3 is 14.5 Å². The van der Waals surface area contributed by atoms with Gasteiger partial charge in [0.25, 0.3) is 5.91 Å². The molecule has 0 saturated carbocycles. The van der Waals surface area contributed by atoms with E-state index in [1.807, 2.05) is 23.1 Å². The first-order valence-electron chi connectivity index (χ1n) is 12.3. The maximum Gasteiger partial charge on any atom is 0.254 e. The van der Waals surface area contributed by atoms with Gasteiger partial charge in [-0.05, 0) is 81.4 Å². The molecule has 0 N–H and O–H groups in total. The van der Waals surface area contributed by atoms with Crippen molar-refractivity contribution in [3.8, 4) is 5.75 Å². The van der Waals surface area contributed by atoms with Crippen LogP contribution in [0.1, 0.15) is 54.4 Å². The fourth-order valence-corrected chi connectivity index (χ4v) is 5.14. The van der Waals surface area contributed by atoms with E-state index in [9.17, 15) is 4.79 Å². The summed E-state index contributed by atoms with van der Waals surface area (Å²) >= 11 is 0. The van der Waals surface area contributed by atoms with Gasteiger partial charge in [-0.2, -0.15) is 5.10 Å². The fourth-order valence-electron chi connectivity index (χ4n) is 5.14. The molecule has 1 saturated heterocycles. The number of hydrogen-bond donors (Lipinski definition) is 0. The molecule has 2 aliphatic heterocycles. The molecule has 1 fully saturated rings. The molecule has 2 bridgehead atoms. The monoisotopic (exact) mass is 447 g/mol. The highest BCUT2D eigenvalue weighted by molar-refractivity contribution is 5.95. The molecule has 174 valence electrons. The normalized spacial score (nSPS) is 21.0. The van der Waals surface area contributed by atoms with Gasteiger partial charge in [0.15, 0.2) is 5.65 Å². The molecule has 1 aromatic carbocycles. The molecule has 2 aromatic heterocycles. The van der Waals surface area contributed by atoms with Crippen LogP contribution < -0.4 is 4.74 Å². The Morgan fingerprint density at radius 3 is 2.79 bits per heavy atom. The summed E-state index contributed by atoms with van der Waals surface area (Å²) in [5.74, 6) is 0.915. The number of amides is 1. The second-order valence-corrected chi connectivity index (χ2v) is 9.20. The second-order valence-electron chi connectivity index (χ2n) is 9.20. The van der Waals surface area contributed by atoms with Crippen LogP contribution in [0.4, 0.5) is 0 Å². The highest BCUT2D eigenvalue weighted by Crippen LogP contribution is 2.23. The average Bonchev–Trinajstić information content (AvgIpc) is 3.32. The summed E-state index contributed by atoms with van der Waals surface area (Å²) in [7, 11) is 0. The van der Waals surface area contributed by atoms with E-state index in [1.54, 1.807) is 10.7 Å². The van der Waals surface area contributed by atoms with E-state index in [4.69, 9.17) is 4.74 Å². The highest BCUT2D eigenvalue weighted by Gasteiger charge is 2.22. The van der Waals surface area contributed by atoms with Crippen LogP contribution in [-0.2, 0) is 6.42 Å². The Balaban J connectivity index is 1.33. The molecule has 0 radical (unpaired) electrons. The molecule has 1 atom stereocenters. The number of rotatable bonds is 1. The van der Waals surface area contributed by atoms with Crippen LogP contribution in [0.5, 0.6) is 5.75 Å². The largest absolute Gasteiger partial charge is 0.492 e. The Hall–Kier alpha value is -2.93. The molecule has 33 heavy (non-hydrogen) atoms. The molecule has 4 heterocycles. The number of carbonyl (C=O) groups is 1. The minimum Gasteiger partial charge on any atom is -0.492 e. The van der Waals surface area contributed by atoms with Crippen LogP contribution in [0.15, 0.2) is 48.9 Å². The van der Waals surface area contributed by atoms with Crippen molar-refractivity contribution in [3.05, 3.63) is 60.0 Å². The minimum atomic E-state index is 0.0259. The molecule has 0 spiro atoms. The molecule has 3 aromatic rings. The smallest absolute Gasteiger partial charge is 0.254 e. The van der Waals surface area contributed by atoms with Crippen LogP contribution in [0.3, 0.4) is 0 Å². The third-order valence-electron chi connectivity index (χ3n) is 6.98. The van der Waals surface area contributed by atoms with Crippen LogP contribution in [0, 0.1) is 0 Å². The number of nitrogens with zero attached hydrogens (tertiary/aromatic N) is 5. The van der Waals surface area contributed by atoms with E-state index in [0.29, 0.717) is 30.4 Å². The first-order chi connectivity index (χ1) is 16.3. The van der Waals surface area contributed by atoms with Crippen LogP contribution >= 0.6 is 0 Å². The van der Waals surface area contributed by atoms with Crippen molar-refractivity contribution in [3.63, 3.8) is 0 Å². The maximum atomic E-state index is 13.4. The first kappa shape index (κ1) is 21.9. The number of ether oxygens (including phenoxy) is 1. The van der Waals surface area contributed by atoms with Crippen LogP contribution in [-0.4, -0.2) is 69.1 Å². The van der Waals surface area contributed by atoms with Crippen molar-refractivity contribution in [1.29, 1.82) is 0 Å². The number of piperidine rings is 1. The van der Waals surface area contributed by atoms with Gasteiger partial charge in [0.2, 0.25) is 0 Å². The summed E-state index contributed by atoms with van der Waals surface area (Å²) in [5, 5.41) is 4.13. The summed E-state index contributed by atoms with van der Waals surface area (Å²) in [5.41, 5.74) is 2.66. The summed E-state index contributed by atoms with van der Waals surface area (Å²) in [6.07, 6.45) is 11.6. The van der Waals surface area contributed by atoms with Crippen molar-refractivity contribution in [1.82, 2.24) is 24.4 Å². The van der Waals surface area contributed by atoms with Gasteiger partial charge in [0.05, 0.1) is 6.54 Å². The van der Waals surface area contributed by atoms with Crippen molar-refractivity contribution in [2.45, 2.75) is 51.0 Å². The zero-order valence-corrected chi connectivity index (χ0v) is 19.2. The minimum absolute atomic E-state index is 0.0259. The number of pyridine rings is 1. The van der Waals surface area contributed by atoms with Gasteiger partial charge in [-0.15, -0.1) is 0 Å². The Kier molecular flexibility index (Phi) is 6.86. The molecule has 0 aliphatic carbocycles. The van der Waals surface area contributed by atoms with E-state index < -0.39 is 0 Å². The molecule has 5 rings (SSSR count). The van der Waals surface area contributed by atoms with E-state index in [1.165, 1.54) is 44.1 Å². The average molecular weight is 448 g/mol. The molecular formula is C26H33N5O2. The van der Waals surface area contributed by atoms with Gasteiger partial charge in [0.1, 0.15) is 18.7 Å². The quantitative estimate of drug-likeness (QED) is 0.567. The molecule has 7 heteroatoms. The zero-order chi connectivity index (χ0) is 22.5. The second kappa shape index (κ2) is 10.3. The lowest BCUT2D eigenvalue weighted by molar-refractivity contribution is 0.0721. The van der Waals surface area contributed by atoms with Crippen molar-refractivity contribution in [2.75, 3.05) is 32.8 Å². The van der Waals surface area contributed by atoms with Gasteiger partial charge in [-0.1, -0.05) is 18.6 Å². The number of aromatic nitrogens is 3. The fraction of sp³-hybridized carbons (Fsp3) is 0.500. The first-order valence-corrected chi connectivity index (χ1v) is 12.3. The van der Waals surface area contributed by atoms with Crippen molar-refractivity contribution >= 4 is 11.6 Å². The predicted octanol–water partition coefficient (Wildman–Crippen LogP) is 3.83. The molecule has 2 aliphatic rings. The van der Waals surface area contributed by atoms with E-state index in [0.717, 1.165) is 38.1 Å². The topological polar surface area (TPSA) is 63.0 Å².